The standard InChI is InChI=1S/C10H13NO3/c1-11(7-13)9-4-3-8(6-12)5-10(9)14-2/h3-5,7,12H,6H2,1-2H3. The number of methoxy groups -OCH3 is 1. The Kier molecular flexibility index (Phi) is 3.48. The van der Waals surface area contributed by atoms with Gasteiger partial charge in [-0.15, -0.1) is 0 Å². The minimum Gasteiger partial charge on any atom is -0.495 e. The van der Waals surface area contributed by atoms with Crippen molar-refractivity contribution in [3.63, 3.8) is 0 Å². The molecule has 1 aromatic carbocycles. The third-order valence-electron chi connectivity index (χ3n) is 1.96. The van der Waals surface area contributed by atoms with Gasteiger partial charge in [-0.05, 0) is 17.7 Å². The first kappa shape index (κ1) is 10.5. The molecule has 0 heterocycles. The summed E-state index contributed by atoms with van der Waals surface area (Å²) in [6.45, 7) is -0.0402. The van der Waals surface area contributed by atoms with E-state index in [2.05, 4.69) is 0 Å². The van der Waals surface area contributed by atoms with E-state index in [1.807, 2.05) is 0 Å². The van der Waals surface area contributed by atoms with E-state index in [0.29, 0.717) is 17.8 Å². The maximum atomic E-state index is 10.5. The van der Waals surface area contributed by atoms with E-state index in [9.17, 15) is 4.79 Å². The lowest BCUT2D eigenvalue weighted by atomic mass is 10.2. The highest BCUT2D eigenvalue weighted by Crippen LogP contribution is 2.27. The predicted octanol–water partition coefficient (Wildman–Crippen LogP) is 0.780. The summed E-state index contributed by atoms with van der Waals surface area (Å²) in [6.07, 6.45) is 0.705. The van der Waals surface area contributed by atoms with E-state index in [1.54, 1.807) is 25.2 Å². The third kappa shape index (κ3) is 2.03. The van der Waals surface area contributed by atoms with Gasteiger partial charge in [0.25, 0.3) is 0 Å². The average molecular weight is 195 g/mol. The van der Waals surface area contributed by atoms with Crippen LogP contribution in [-0.2, 0) is 11.4 Å². The smallest absolute Gasteiger partial charge is 0.213 e. The Morgan fingerprint density at radius 2 is 2.29 bits per heavy atom. The number of carbonyl (C=O) groups excluding carboxylic acids is 1. The van der Waals surface area contributed by atoms with Crippen LogP contribution < -0.4 is 9.64 Å². The quantitative estimate of drug-likeness (QED) is 0.722. The molecule has 76 valence electrons. The van der Waals surface area contributed by atoms with Crippen LogP contribution in [0.4, 0.5) is 5.69 Å². The van der Waals surface area contributed by atoms with Crippen molar-refractivity contribution in [2.75, 3.05) is 19.1 Å². The molecule has 0 atom stereocenters. The second-order valence-corrected chi connectivity index (χ2v) is 2.88. The summed E-state index contributed by atoms with van der Waals surface area (Å²) >= 11 is 0. The number of nitrogens with zero attached hydrogens (tertiary/aromatic N) is 1. The molecule has 1 N–H and O–H groups in total. The minimum atomic E-state index is -0.0402. The van der Waals surface area contributed by atoms with Gasteiger partial charge in [-0.1, -0.05) is 6.07 Å². The highest BCUT2D eigenvalue weighted by molar-refractivity contribution is 5.78. The van der Waals surface area contributed by atoms with Crippen LogP contribution in [0.25, 0.3) is 0 Å². The lowest BCUT2D eigenvalue weighted by molar-refractivity contribution is -0.107. The van der Waals surface area contributed by atoms with Crippen LogP contribution in [0.5, 0.6) is 5.75 Å². The van der Waals surface area contributed by atoms with E-state index in [4.69, 9.17) is 9.84 Å². The van der Waals surface area contributed by atoms with Crippen LogP contribution in [0.2, 0.25) is 0 Å². The van der Waals surface area contributed by atoms with Gasteiger partial charge in [-0.3, -0.25) is 4.79 Å². The fraction of sp³-hybridized carbons (Fsp3) is 0.300. The molecule has 0 bridgehead atoms. The molecule has 1 amide bonds. The summed E-state index contributed by atoms with van der Waals surface area (Å²) < 4.78 is 5.10. The van der Waals surface area contributed by atoms with Gasteiger partial charge in [0.1, 0.15) is 5.75 Å². The zero-order valence-electron chi connectivity index (χ0n) is 8.23. The second kappa shape index (κ2) is 4.62. The molecule has 0 radical (unpaired) electrons. The SMILES string of the molecule is COc1cc(CO)ccc1N(C)C=O. The maximum absolute atomic E-state index is 10.5. The van der Waals surface area contributed by atoms with Crippen LogP contribution in [-0.4, -0.2) is 25.7 Å². The molecule has 1 aromatic rings. The molecule has 4 heteroatoms. The summed E-state index contributed by atoms with van der Waals surface area (Å²) in [5.74, 6) is 0.575. The number of hydrogen-bond acceptors (Lipinski definition) is 3. The first-order valence-electron chi connectivity index (χ1n) is 4.18. The van der Waals surface area contributed by atoms with Crippen molar-refractivity contribution in [1.82, 2.24) is 0 Å². The van der Waals surface area contributed by atoms with Gasteiger partial charge >= 0.3 is 0 Å². The Balaban J connectivity index is 3.10. The van der Waals surface area contributed by atoms with Gasteiger partial charge in [0, 0.05) is 7.05 Å². The van der Waals surface area contributed by atoms with E-state index in [-0.39, 0.29) is 6.61 Å². The molecule has 0 saturated heterocycles. The Hall–Kier alpha value is -1.55. The second-order valence-electron chi connectivity index (χ2n) is 2.88. The number of carbonyl (C=O) groups is 1. The normalized spacial score (nSPS) is 9.64. The molecule has 0 aliphatic heterocycles. The van der Waals surface area contributed by atoms with Gasteiger partial charge in [-0.25, -0.2) is 0 Å². The molecule has 14 heavy (non-hydrogen) atoms. The summed E-state index contributed by atoms with van der Waals surface area (Å²) in [4.78, 5) is 12.0. The predicted molar refractivity (Wildman–Crippen MR) is 53.4 cm³/mol. The van der Waals surface area contributed by atoms with Crippen LogP contribution in [0.3, 0.4) is 0 Å². The number of benzene rings is 1. The van der Waals surface area contributed by atoms with E-state index < -0.39 is 0 Å². The van der Waals surface area contributed by atoms with Crippen LogP contribution in [0.15, 0.2) is 18.2 Å². The molecule has 4 nitrogen and oxygen atoms in total. The van der Waals surface area contributed by atoms with Crippen molar-refractivity contribution in [2.45, 2.75) is 6.61 Å². The highest BCUT2D eigenvalue weighted by Gasteiger charge is 2.07. The highest BCUT2D eigenvalue weighted by atomic mass is 16.5. The molecule has 0 aliphatic rings. The molecule has 1 rings (SSSR count). The number of aliphatic hydroxyl groups excluding tert-OH is 1. The largest absolute Gasteiger partial charge is 0.495 e. The summed E-state index contributed by atoms with van der Waals surface area (Å²) in [5.41, 5.74) is 1.43. The number of amides is 1. The summed E-state index contributed by atoms with van der Waals surface area (Å²) in [5, 5.41) is 8.91. The number of ether oxygens (including phenoxy) is 1. The van der Waals surface area contributed by atoms with Crippen LogP contribution in [0.1, 0.15) is 5.56 Å². The van der Waals surface area contributed by atoms with Crippen molar-refractivity contribution in [3.8, 4) is 5.75 Å². The Labute approximate surface area is 82.7 Å². The van der Waals surface area contributed by atoms with E-state index in [0.717, 1.165) is 5.56 Å². The topological polar surface area (TPSA) is 49.8 Å². The van der Waals surface area contributed by atoms with Gasteiger partial charge in [0.15, 0.2) is 0 Å². The maximum Gasteiger partial charge on any atom is 0.213 e. The first-order valence-corrected chi connectivity index (χ1v) is 4.18. The molecule has 0 aromatic heterocycles. The van der Waals surface area contributed by atoms with E-state index in [1.165, 1.54) is 12.0 Å². The lowest BCUT2D eigenvalue weighted by Gasteiger charge is -2.15. The Bertz CT molecular complexity index is 325. The molecule has 0 saturated carbocycles. The van der Waals surface area contributed by atoms with Crippen molar-refractivity contribution < 1.29 is 14.6 Å². The lowest BCUT2D eigenvalue weighted by Crippen LogP contribution is -2.14. The van der Waals surface area contributed by atoms with Gasteiger partial charge in [-0.2, -0.15) is 0 Å². The zero-order valence-corrected chi connectivity index (χ0v) is 8.23. The first-order chi connectivity index (χ1) is 6.72. The zero-order chi connectivity index (χ0) is 10.6. The van der Waals surface area contributed by atoms with Crippen molar-refractivity contribution in [2.24, 2.45) is 0 Å². The Morgan fingerprint density at radius 3 is 2.79 bits per heavy atom. The molecular weight excluding hydrogens is 182 g/mol. The Morgan fingerprint density at radius 1 is 1.57 bits per heavy atom. The third-order valence-corrected chi connectivity index (χ3v) is 1.96. The number of anilines is 1. The minimum absolute atomic E-state index is 0.0402. The monoisotopic (exact) mass is 195 g/mol. The fourth-order valence-corrected chi connectivity index (χ4v) is 1.17. The summed E-state index contributed by atoms with van der Waals surface area (Å²) in [6, 6.07) is 5.19. The number of rotatable bonds is 4. The van der Waals surface area contributed by atoms with Crippen molar-refractivity contribution in [1.29, 1.82) is 0 Å². The molecular formula is C10H13NO3. The van der Waals surface area contributed by atoms with E-state index >= 15 is 0 Å². The van der Waals surface area contributed by atoms with Crippen molar-refractivity contribution in [3.05, 3.63) is 23.8 Å². The van der Waals surface area contributed by atoms with Crippen LogP contribution >= 0.6 is 0 Å². The van der Waals surface area contributed by atoms with Crippen molar-refractivity contribution >= 4 is 12.1 Å². The van der Waals surface area contributed by atoms with Gasteiger partial charge < -0.3 is 14.7 Å². The molecule has 0 aliphatic carbocycles. The molecule has 0 unspecified atom stereocenters. The summed E-state index contributed by atoms with van der Waals surface area (Å²) in [7, 11) is 3.17. The molecule has 0 fully saturated rings. The fourth-order valence-electron chi connectivity index (χ4n) is 1.17. The van der Waals surface area contributed by atoms with Gasteiger partial charge in [0.05, 0.1) is 19.4 Å². The average Bonchev–Trinajstić information content (AvgIpc) is 2.27. The van der Waals surface area contributed by atoms with Crippen LogP contribution in [0, 0.1) is 0 Å². The number of hydrogen-bond donors (Lipinski definition) is 1. The van der Waals surface area contributed by atoms with Gasteiger partial charge in [0.2, 0.25) is 6.41 Å². The molecule has 0 spiro atoms. The number of aliphatic hydroxyl groups is 1.